The summed E-state index contributed by atoms with van der Waals surface area (Å²) in [5, 5.41) is 3.78. The second-order valence-electron chi connectivity index (χ2n) is 7.75. The lowest BCUT2D eigenvalue weighted by Gasteiger charge is -2.34. The molecular weight excluding hydrogens is 234 g/mol. The summed E-state index contributed by atoms with van der Waals surface area (Å²) in [4.78, 5) is 0. The number of ether oxygens (including phenoxy) is 1. The van der Waals surface area contributed by atoms with Gasteiger partial charge in [0.15, 0.2) is 0 Å². The van der Waals surface area contributed by atoms with Gasteiger partial charge in [0.2, 0.25) is 0 Å². The monoisotopic (exact) mass is 269 g/mol. The van der Waals surface area contributed by atoms with Crippen LogP contribution >= 0.6 is 0 Å². The van der Waals surface area contributed by atoms with Crippen LogP contribution in [-0.2, 0) is 4.74 Å². The standard InChI is InChI=1S/C17H35NO/c1-14(2)11-17(9-7-8-10-17)13-18-15(3)12-16(4,5)19-6/h14-15,18H,7-13H2,1-6H3. The van der Waals surface area contributed by atoms with Crippen LogP contribution in [0.4, 0.5) is 0 Å². The third-order valence-corrected chi connectivity index (χ3v) is 4.68. The van der Waals surface area contributed by atoms with E-state index in [-0.39, 0.29) is 5.60 Å². The van der Waals surface area contributed by atoms with Crippen molar-refractivity contribution in [3.05, 3.63) is 0 Å². The Balaban J connectivity index is 2.44. The summed E-state index contributed by atoms with van der Waals surface area (Å²) in [6.07, 6.45) is 8.12. The molecule has 114 valence electrons. The summed E-state index contributed by atoms with van der Waals surface area (Å²) in [6.45, 7) is 12.5. The van der Waals surface area contributed by atoms with Crippen LogP contribution in [0.25, 0.3) is 0 Å². The number of methoxy groups -OCH3 is 1. The maximum Gasteiger partial charge on any atom is 0.0637 e. The van der Waals surface area contributed by atoms with E-state index in [0.29, 0.717) is 11.5 Å². The molecule has 1 fully saturated rings. The van der Waals surface area contributed by atoms with Gasteiger partial charge in [0.1, 0.15) is 0 Å². The Morgan fingerprint density at radius 3 is 2.21 bits per heavy atom. The molecule has 0 spiro atoms. The second kappa shape index (κ2) is 7.08. The number of rotatable bonds is 8. The number of hydrogen-bond donors (Lipinski definition) is 1. The predicted octanol–water partition coefficient (Wildman–Crippen LogP) is 4.39. The minimum absolute atomic E-state index is 0.0205. The predicted molar refractivity (Wildman–Crippen MR) is 83.5 cm³/mol. The summed E-state index contributed by atoms with van der Waals surface area (Å²) in [5.41, 5.74) is 0.549. The van der Waals surface area contributed by atoms with Gasteiger partial charge in [-0.05, 0) is 57.8 Å². The Hall–Kier alpha value is -0.0800. The molecule has 0 heterocycles. The van der Waals surface area contributed by atoms with Crippen molar-refractivity contribution < 1.29 is 4.74 Å². The Bertz CT molecular complexity index is 254. The van der Waals surface area contributed by atoms with Crippen molar-refractivity contribution in [1.29, 1.82) is 0 Å². The van der Waals surface area contributed by atoms with E-state index in [9.17, 15) is 0 Å². The van der Waals surface area contributed by atoms with E-state index < -0.39 is 0 Å². The van der Waals surface area contributed by atoms with Gasteiger partial charge in [0.25, 0.3) is 0 Å². The van der Waals surface area contributed by atoms with Crippen molar-refractivity contribution in [3.63, 3.8) is 0 Å². The van der Waals surface area contributed by atoms with Crippen LogP contribution in [-0.4, -0.2) is 25.3 Å². The van der Waals surface area contributed by atoms with E-state index >= 15 is 0 Å². The molecule has 0 saturated heterocycles. The first-order chi connectivity index (χ1) is 8.79. The molecule has 1 atom stereocenters. The fourth-order valence-electron chi connectivity index (χ4n) is 3.73. The van der Waals surface area contributed by atoms with Crippen LogP contribution in [0.1, 0.15) is 73.1 Å². The maximum absolute atomic E-state index is 5.53. The van der Waals surface area contributed by atoms with E-state index in [4.69, 9.17) is 4.74 Å². The number of nitrogens with one attached hydrogen (secondary N) is 1. The molecule has 1 saturated carbocycles. The highest BCUT2D eigenvalue weighted by Gasteiger charge is 2.34. The van der Waals surface area contributed by atoms with Gasteiger partial charge < -0.3 is 10.1 Å². The molecule has 1 rings (SSSR count). The van der Waals surface area contributed by atoms with Gasteiger partial charge in [-0.15, -0.1) is 0 Å². The van der Waals surface area contributed by atoms with E-state index in [1.165, 1.54) is 38.6 Å². The summed E-state index contributed by atoms with van der Waals surface area (Å²) in [7, 11) is 1.81. The Morgan fingerprint density at radius 2 is 1.74 bits per heavy atom. The molecule has 0 aromatic heterocycles. The van der Waals surface area contributed by atoms with Crippen LogP contribution in [0.15, 0.2) is 0 Å². The maximum atomic E-state index is 5.53. The Labute approximate surface area is 120 Å². The molecule has 0 amide bonds. The first-order valence-corrected chi connectivity index (χ1v) is 8.07. The van der Waals surface area contributed by atoms with Gasteiger partial charge in [0, 0.05) is 19.7 Å². The van der Waals surface area contributed by atoms with E-state index in [1.54, 1.807) is 0 Å². The highest BCUT2D eigenvalue weighted by atomic mass is 16.5. The fourth-order valence-corrected chi connectivity index (χ4v) is 3.73. The molecule has 2 nitrogen and oxygen atoms in total. The van der Waals surface area contributed by atoms with Crippen LogP contribution in [0.3, 0.4) is 0 Å². The van der Waals surface area contributed by atoms with Crippen LogP contribution in [0, 0.1) is 11.3 Å². The SMILES string of the molecule is COC(C)(C)CC(C)NCC1(CC(C)C)CCCC1. The summed E-state index contributed by atoms with van der Waals surface area (Å²) in [6, 6.07) is 0.527. The zero-order valence-corrected chi connectivity index (χ0v) is 14.0. The average molecular weight is 269 g/mol. The van der Waals surface area contributed by atoms with Crippen LogP contribution in [0.5, 0.6) is 0 Å². The second-order valence-corrected chi connectivity index (χ2v) is 7.75. The van der Waals surface area contributed by atoms with Gasteiger partial charge in [-0.2, -0.15) is 0 Å². The average Bonchev–Trinajstić information content (AvgIpc) is 2.74. The molecule has 2 heteroatoms. The van der Waals surface area contributed by atoms with Crippen LogP contribution < -0.4 is 5.32 Å². The molecular formula is C17H35NO. The molecule has 0 radical (unpaired) electrons. The topological polar surface area (TPSA) is 21.3 Å². The summed E-state index contributed by atoms with van der Waals surface area (Å²) in [5.74, 6) is 0.811. The van der Waals surface area contributed by atoms with Gasteiger partial charge >= 0.3 is 0 Å². The van der Waals surface area contributed by atoms with Crippen molar-refractivity contribution in [1.82, 2.24) is 5.32 Å². The van der Waals surface area contributed by atoms with Gasteiger partial charge in [-0.25, -0.2) is 0 Å². The van der Waals surface area contributed by atoms with Crippen molar-refractivity contribution in [2.45, 2.75) is 84.8 Å². The third kappa shape index (κ3) is 5.83. The van der Waals surface area contributed by atoms with Gasteiger partial charge in [-0.1, -0.05) is 26.7 Å². The zero-order valence-electron chi connectivity index (χ0n) is 14.0. The minimum atomic E-state index is -0.0205. The van der Waals surface area contributed by atoms with E-state index in [1.807, 2.05) is 7.11 Å². The third-order valence-electron chi connectivity index (χ3n) is 4.68. The highest BCUT2D eigenvalue weighted by molar-refractivity contribution is 4.89. The molecule has 0 bridgehead atoms. The van der Waals surface area contributed by atoms with Crippen molar-refractivity contribution >= 4 is 0 Å². The first kappa shape index (κ1) is 17.0. The Morgan fingerprint density at radius 1 is 1.16 bits per heavy atom. The molecule has 0 aromatic rings. The summed E-state index contributed by atoms with van der Waals surface area (Å²) < 4.78 is 5.53. The summed E-state index contributed by atoms with van der Waals surface area (Å²) >= 11 is 0. The minimum Gasteiger partial charge on any atom is -0.379 e. The quantitative estimate of drug-likeness (QED) is 0.706. The lowest BCUT2D eigenvalue weighted by Crippen LogP contribution is -2.41. The molecule has 1 unspecified atom stereocenters. The zero-order chi connectivity index (χ0) is 14.5. The van der Waals surface area contributed by atoms with Gasteiger partial charge in [0.05, 0.1) is 5.60 Å². The Kier molecular flexibility index (Phi) is 6.32. The highest BCUT2D eigenvalue weighted by Crippen LogP contribution is 2.42. The molecule has 1 aliphatic rings. The largest absolute Gasteiger partial charge is 0.379 e. The molecule has 1 aliphatic carbocycles. The molecule has 19 heavy (non-hydrogen) atoms. The van der Waals surface area contributed by atoms with E-state index in [2.05, 4.69) is 39.9 Å². The normalized spacial score (nSPS) is 21.0. The molecule has 0 aliphatic heterocycles. The smallest absolute Gasteiger partial charge is 0.0637 e. The molecule has 1 N–H and O–H groups in total. The fraction of sp³-hybridized carbons (Fsp3) is 1.00. The van der Waals surface area contributed by atoms with Crippen molar-refractivity contribution in [2.24, 2.45) is 11.3 Å². The first-order valence-electron chi connectivity index (χ1n) is 8.07. The van der Waals surface area contributed by atoms with Crippen LogP contribution in [0.2, 0.25) is 0 Å². The van der Waals surface area contributed by atoms with Crippen molar-refractivity contribution in [3.8, 4) is 0 Å². The molecule has 0 aromatic carbocycles. The lowest BCUT2D eigenvalue weighted by atomic mass is 9.78. The van der Waals surface area contributed by atoms with Gasteiger partial charge in [-0.3, -0.25) is 0 Å². The van der Waals surface area contributed by atoms with Crippen molar-refractivity contribution in [2.75, 3.05) is 13.7 Å². The lowest BCUT2D eigenvalue weighted by molar-refractivity contribution is 0.00746. The van der Waals surface area contributed by atoms with E-state index in [0.717, 1.165) is 12.3 Å². The number of hydrogen-bond acceptors (Lipinski definition) is 2.